The molecule has 0 saturated carbocycles. The van der Waals surface area contributed by atoms with E-state index in [2.05, 4.69) is 0 Å². The van der Waals surface area contributed by atoms with E-state index in [1.165, 1.54) is 19.5 Å². The number of hydrogen-bond acceptors (Lipinski definition) is 2. The zero-order chi connectivity index (χ0) is 7.61. The molecule has 1 aromatic rings. The van der Waals surface area contributed by atoms with E-state index >= 15 is 0 Å². The molecule has 10 heavy (non-hydrogen) atoms. The number of alkyl halides is 1. The summed E-state index contributed by atoms with van der Waals surface area (Å²) in [7, 11) is 0. The van der Waals surface area contributed by atoms with E-state index in [4.69, 9.17) is 10.2 Å². The summed E-state index contributed by atoms with van der Waals surface area (Å²) >= 11 is 0. The molecule has 2 N–H and O–H groups in total. The second-order valence-corrected chi connectivity index (χ2v) is 2.41. The summed E-state index contributed by atoms with van der Waals surface area (Å²) in [6.07, 6.45) is 2.80. The lowest BCUT2D eigenvalue weighted by molar-refractivity contribution is 0.202. The van der Waals surface area contributed by atoms with Gasteiger partial charge in [-0.2, -0.15) is 0 Å². The first-order chi connectivity index (χ1) is 4.67. The molecule has 56 valence electrons. The van der Waals surface area contributed by atoms with Gasteiger partial charge in [-0.15, -0.1) is 0 Å². The van der Waals surface area contributed by atoms with Gasteiger partial charge in [0.2, 0.25) is 0 Å². The Labute approximate surface area is 58.8 Å². The van der Waals surface area contributed by atoms with E-state index in [9.17, 15) is 4.39 Å². The van der Waals surface area contributed by atoms with Gasteiger partial charge < -0.3 is 10.2 Å². The van der Waals surface area contributed by atoms with Crippen molar-refractivity contribution < 1.29 is 8.81 Å². The molecule has 0 spiro atoms. The molecule has 1 heterocycles. The van der Waals surface area contributed by atoms with Crippen molar-refractivity contribution in [2.75, 3.05) is 6.54 Å². The van der Waals surface area contributed by atoms with Gasteiger partial charge in [-0.05, 0) is 13.0 Å². The van der Waals surface area contributed by atoms with Crippen LogP contribution in [0.25, 0.3) is 0 Å². The normalized spacial score (nSPS) is 16.7. The molecule has 0 fully saturated rings. The Morgan fingerprint density at radius 2 is 2.50 bits per heavy atom. The van der Waals surface area contributed by atoms with Crippen molar-refractivity contribution in [3.05, 3.63) is 24.2 Å². The Hall–Kier alpha value is -0.830. The van der Waals surface area contributed by atoms with Gasteiger partial charge in [0.25, 0.3) is 0 Å². The molecule has 1 atom stereocenters. The number of halogens is 1. The standard InChI is InChI=1S/C7H10FNO/c1-7(8,5-9)6-2-3-10-4-6/h2-4H,5,9H2,1H3. The monoisotopic (exact) mass is 143 g/mol. The van der Waals surface area contributed by atoms with E-state index in [0.717, 1.165) is 0 Å². The summed E-state index contributed by atoms with van der Waals surface area (Å²) in [5.74, 6) is 0. The van der Waals surface area contributed by atoms with Crippen molar-refractivity contribution in [2.24, 2.45) is 5.73 Å². The van der Waals surface area contributed by atoms with Crippen LogP contribution in [0.3, 0.4) is 0 Å². The molecule has 0 aliphatic carbocycles. The Balaban J connectivity index is 2.85. The summed E-state index contributed by atoms with van der Waals surface area (Å²) in [6, 6.07) is 1.58. The number of nitrogens with two attached hydrogens (primary N) is 1. The van der Waals surface area contributed by atoms with Gasteiger partial charge >= 0.3 is 0 Å². The third kappa shape index (κ3) is 1.19. The first-order valence-electron chi connectivity index (χ1n) is 3.08. The lowest BCUT2D eigenvalue weighted by Gasteiger charge is -2.14. The highest BCUT2D eigenvalue weighted by Crippen LogP contribution is 2.23. The predicted molar refractivity (Wildman–Crippen MR) is 36.2 cm³/mol. The van der Waals surface area contributed by atoms with E-state index in [1.54, 1.807) is 6.07 Å². The van der Waals surface area contributed by atoms with Gasteiger partial charge in [-0.3, -0.25) is 0 Å². The van der Waals surface area contributed by atoms with Crippen LogP contribution in [0.15, 0.2) is 23.0 Å². The predicted octanol–water partition coefficient (Wildman–Crippen LogP) is 1.42. The summed E-state index contributed by atoms with van der Waals surface area (Å²) in [5.41, 5.74) is 4.22. The lowest BCUT2D eigenvalue weighted by atomic mass is 10.0. The minimum Gasteiger partial charge on any atom is -0.472 e. The SMILES string of the molecule is CC(F)(CN)c1ccoc1. The van der Waals surface area contributed by atoms with Crippen molar-refractivity contribution in [3.63, 3.8) is 0 Å². The minimum atomic E-state index is -1.45. The fourth-order valence-electron chi connectivity index (χ4n) is 0.679. The summed E-state index contributed by atoms with van der Waals surface area (Å²) < 4.78 is 17.9. The highest BCUT2D eigenvalue weighted by Gasteiger charge is 2.24. The third-order valence-corrected chi connectivity index (χ3v) is 1.51. The molecule has 0 aliphatic rings. The molecule has 0 bridgehead atoms. The highest BCUT2D eigenvalue weighted by molar-refractivity contribution is 5.15. The molecule has 0 radical (unpaired) electrons. The van der Waals surface area contributed by atoms with E-state index in [1.807, 2.05) is 0 Å². The van der Waals surface area contributed by atoms with Crippen molar-refractivity contribution in [3.8, 4) is 0 Å². The fourth-order valence-corrected chi connectivity index (χ4v) is 0.679. The van der Waals surface area contributed by atoms with Crippen LogP contribution in [0.5, 0.6) is 0 Å². The van der Waals surface area contributed by atoms with Crippen LogP contribution < -0.4 is 5.73 Å². The second-order valence-electron chi connectivity index (χ2n) is 2.41. The smallest absolute Gasteiger partial charge is 0.148 e. The minimum absolute atomic E-state index is 0.0213. The maximum atomic E-state index is 13.2. The van der Waals surface area contributed by atoms with Crippen LogP contribution in [0.4, 0.5) is 4.39 Å². The molecule has 0 aromatic carbocycles. The molecule has 1 unspecified atom stereocenters. The molecule has 0 saturated heterocycles. The van der Waals surface area contributed by atoms with Gasteiger partial charge in [0.15, 0.2) is 0 Å². The van der Waals surface area contributed by atoms with Crippen molar-refractivity contribution >= 4 is 0 Å². The zero-order valence-corrected chi connectivity index (χ0v) is 5.80. The topological polar surface area (TPSA) is 39.2 Å². The van der Waals surface area contributed by atoms with Crippen LogP contribution in [0.2, 0.25) is 0 Å². The molecular weight excluding hydrogens is 133 g/mol. The second kappa shape index (κ2) is 2.42. The van der Waals surface area contributed by atoms with Crippen LogP contribution in [0.1, 0.15) is 12.5 Å². The van der Waals surface area contributed by atoms with Crippen molar-refractivity contribution in [1.29, 1.82) is 0 Å². The van der Waals surface area contributed by atoms with Gasteiger partial charge in [0.1, 0.15) is 5.67 Å². The average Bonchev–Trinajstić information content (AvgIpc) is 2.38. The molecule has 1 aromatic heterocycles. The Morgan fingerprint density at radius 1 is 1.80 bits per heavy atom. The van der Waals surface area contributed by atoms with Crippen molar-refractivity contribution in [1.82, 2.24) is 0 Å². The van der Waals surface area contributed by atoms with Crippen LogP contribution in [-0.4, -0.2) is 6.54 Å². The van der Waals surface area contributed by atoms with Gasteiger partial charge in [-0.25, -0.2) is 4.39 Å². The quantitative estimate of drug-likeness (QED) is 0.680. The molecule has 1 rings (SSSR count). The van der Waals surface area contributed by atoms with Gasteiger partial charge in [-0.1, -0.05) is 0 Å². The Kier molecular flexibility index (Phi) is 1.76. The van der Waals surface area contributed by atoms with E-state index in [0.29, 0.717) is 5.56 Å². The maximum Gasteiger partial charge on any atom is 0.148 e. The maximum absolute atomic E-state index is 13.2. The van der Waals surface area contributed by atoms with E-state index < -0.39 is 5.67 Å². The average molecular weight is 143 g/mol. The van der Waals surface area contributed by atoms with Gasteiger partial charge in [0, 0.05) is 12.1 Å². The first kappa shape index (κ1) is 7.28. The van der Waals surface area contributed by atoms with Gasteiger partial charge in [0.05, 0.1) is 12.5 Å². The molecule has 0 aliphatic heterocycles. The molecule has 2 nitrogen and oxygen atoms in total. The van der Waals surface area contributed by atoms with E-state index in [-0.39, 0.29) is 6.54 Å². The molecule has 0 amide bonds. The van der Waals surface area contributed by atoms with Crippen LogP contribution in [0, 0.1) is 0 Å². The highest BCUT2D eigenvalue weighted by atomic mass is 19.1. The Morgan fingerprint density at radius 3 is 2.90 bits per heavy atom. The summed E-state index contributed by atoms with van der Waals surface area (Å²) in [6.45, 7) is 1.41. The Bertz CT molecular complexity index is 193. The fraction of sp³-hybridized carbons (Fsp3) is 0.429. The number of furan rings is 1. The first-order valence-corrected chi connectivity index (χ1v) is 3.08. The van der Waals surface area contributed by atoms with Crippen LogP contribution >= 0.6 is 0 Å². The summed E-state index contributed by atoms with van der Waals surface area (Å²) in [4.78, 5) is 0. The third-order valence-electron chi connectivity index (χ3n) is 1.51. The van der Waals surface area contributed by atoms with Crippen molar-refractivity contribution in [2.45, 2.75) is 12.6 Å². The number of rotatable bonds is 2. The lowest BCUT2D eigenvalue weighted by Crippen LogP contribution is -2.25. The number of hydrogen-bond donors (Lipinski definition) is 1. The van der Waals surface area contributed by atoms with Crippen LogP contribution in [-0.2, 0) is 5.67 Å². The molecular formula is C7H10FNO. The largest absolute Gasteiger partial charge is 0.472 e. The zero-order valence-electron chi connectivity index (χ0n) is 5.80. The summed E-state index contributed by atoms with van der Waals surface area (Å²) in [5, 5.41) is 0. The molecule has 3 heteroatoms.